The zero-order valence-electron chi connectivity index (χ0n) is 14.8. The standard InChI is InChI=1S/C21H17ClN2O4/c22-18-10-14(8-9-19(18)28-13-21(26)27)12-23-24-20(25)11-16-6-3-5-15-4-1-2-7-17(15)16/h1-10,12H,11,13H2,(H,24,25)(H,26,27)/b23-12+. The van der Waals surface area contributed by atoms with Crippen molar-refractivity contribution in [1.29, 1.82) is 0 Å². The van der Waals surface area contributed by atoms with Gasteiger partial charge in [0.25, 0.3) is 0 Å². The Labute approximate surface area is 166 Å². The van der Waals surface area contributed by atoms with Gasteiger partial charge in [0, 0.05) is 0 Å². The Hall–Kier alpha value is -3.38. The second kappa shape index (κ2) is 9.01. The Balaban J connectivity index is 1.60. The number of nitrogens with one attached hydrogen (secondary N) is 1. The maximum absolute atomic E-state index is 12.2. The number of hydrogen-bond acceptors (Lipinski definition) is 4. The second-order valence-electron chi connectivity index (χ2n) is 5.98. The van der Waals surface area contributed by atoms with E-state index in [4.69, 9.17) is 21.4 Å². The van der Waals surface area contributed by atoms with Gasteiger partial charge in [0.15, 0.2) is 6.61 Å². The van der Waals surface area contributed by atoms with Gasteiger partial charge in [0.1, 0.15) is 5.75 Å². The molecule has 0 radical (unpaired) electrons. The van der Waals surface area contributed by atoms with E-state index in [0.717, 1.165) is 16.3 Å². The van der Waals surface area contributed by atoms with Crippen LogP contribution in [0.25, 0.3) is 10.8 Å². The summed E-state index contributed by atoms with van der Waals surface area (Å²) in [7, 11) is 0. The summed E-state index contributed by atoms with van der Waals surface area (Å²) >= 11 is 6.05. The molecule has 0 heterocycles. The molecule has 0 saturated heterocycles. The van der Waals surface area contributed by atoms with E-state index in [-0.39, 0.29) is 23.1 Å². The van der Waals surface area contributed by atoms with Crippen LogP contribution in [0.5, 0.6) is 5.75 Å². The van der Waals surface area contributed by atoms with Crippen molar-refractivity contribution in [3.05, 3.63) is 76.8 Å². The highest BCUT2D eigenvalue weighted by Crippen LogP contribution is 2.24. The molecule has 7 heteroatoms. The molecule has 0 bridgehead atoms. The lowest BCUT2D eigenvalue weighted by Gasteiger charge is -2.06. The summed E-state index contributed by atoms with van der Waals surface area (Å²) < 4.78 is 5.05. The number of halogens is 1. The van der Waals surface area contributed by atoms with Gasteiger partial charge in [-0.15, -0.1) is 0 Å². The lowest BCUT2D eigenvalue weighted by Crippen LogP contribution is -2.19. The van der Waals surface area contributed by atoms with Crippen molar-refractivity contribution >= 4 is 40.5 Å². The molecule has 0 aliphatic rings. The van der Waals surface area contributed by atoms with Gasteiger partial charge in [0.2, 0.25) is 5.91 Å². The van der Waals surface area contributed by atoms with Crippen LogP contribution in [0, 0.1) is 0 Å². The van der Waals surface area contributed by atoms with Gasteiger partial charge < -0.3 is 9.84 Å². The van der Waals surface area contributed by atoms with E-state index in [1.807, 2.05) is 42.5 Å². The van der Waals surface area contributed by atoms with E-state index in [9.17, 15) is 9.59 Å². The number of carbonyl (C=O) groups excluding carboxylic acids is 1. The largest absolute Gasteiger partial charge is 0.480 e. The molecule has 0 aliphatic heterocycles. The van der Waals surface area contributed by atoms with E-state index in [1.165, 1.54) is 6.21 Å². The molecule has 0 aromatic heterocycles. The zero-order chi connectivity index (χ0) is 19.9. The van der Waals surface area contributed by atoms with Gasteiger partial charge in [-0.1, -0.05) is 54.1 Å². The number of hydrogen-bond donors (Lipinski definition) is 2. The highest BCUT2D eigenvalue weighted by Gasteiger charge is 2.07. The number of carbonyl (C=O) groups is 2. The fourth-order valence-corrected chi connectivity index (χ4v) is 2.94. The molecular formula is C21H17ClN2O4. The summed E-state index contributed by atoms with van der Waals surface area (Å²) in [5.41, 5.74) is 4.06. The van der Waals surface area contributed by atoms with Crippen LogP contribution >= 0.6 is 11.6 Å². The topological polar surface area (TPSA) is 88.0 Å². The number of carboxylic acid groups (broad SMARTS) is 1. The number of carboxylic acids is 1. The maximum atomic E-state index is 12.2. The molecule has 3 aromatic carbocycles. The lowest BCUT2D eigenvalue weighted by molar-refractivity contribution is -0.139. The molecular weight excluding hydrogens is 380 g/mol. The van der Waals surface area contributed by atoms with Gasteiger partial charge >= 0.3 is 5.97 Å². The average Bonchev–Trinajstić information content (AvgIpc) is 2.67. The number of hydrazone groups is 1. The van der Waals surface area contributed by atoms with Gasteiger partial charge in [-0.05, 0) is 40.1 Å². The minimum absolute atomic E-state index is 0.210. The van der Waals surface area contributed by atoms with Crippen molar-refractivity contribution in [2.75, 3.05) is 6.61 Å². The maximum Gasteiger partial charge on any atom is 0.341 e. The first-order chi connectivity index (χ1) is 13.5. The number of benzene rings is 3. The van der Waals surface area contributed by atoms with Crippen LogP contribution in [-0.4, -0.2) is 29.8 Å². The van der Waals surface area contributed by atoms with Crippen LogP contribution in [0.3, 0.4) is 0 Å². The fourth-order valence-electron chi connectivity index (χ4n) is 2.69. The van der Waals surface area contributed by atoms with Crippen LogP contribution in [-0.2, 0) is 16.0 Å². The number of nitrogens with zero attached hydrogens (tertiary/aromatic N) is 1. The predicted octanol–water partition coefficient (Wildman–Crippen LogP) is 3.65. The molecule has 0 unspecified atom stereocenters. The van der Waals surface area contributed by atoms with Crippen molar-refractivity contribution in [1.82, 2.24) is 5.43 Å². The summed E-state index contributed by atoms with van der Waals surface area (Å²) in [6, 6.07) is 18.5. The monoisotopic (exact) mass is 396 g/mol. The highest BCUT2D eigenvalue weighted by molar-refractivity contribution is 6.32. The first-order valence-corrected chi connectivity index (χ1v) is 8.83. The first kappa shape index (κ1) is 19.4. The van der Waals surface area contributed by atoms with E-state index in [2.05, 4.69) is 10.5 Å². The number of aliphatic carboxylic acids is 1. The van der Waals surface area contributed by atoms with Gasteiger partial charge in [-0.2, -0.15) is 5.10 Å². The number of rotatable bonds is 7. The minimum atomic E-state index is -1.09. The van der Waals surface area contributed by atoms with Gasteiger partial charge in [0.05, 0.1) is 17.7 Å². The van der Waals surface area contributed by atoms with Crippen LogP contribution in [0.2, 0.25) is 5.02 Å². The third-order valence-corrected chi connectivity index (χ3v) is 4.24. The Morgan fingerprint density at radius 3 is 2.68 bits per heavy atom. The number of ether oxygens (including phenoxy) is 1. The highest BCUT2D eigenvalue weighted by atomic mass is 35.5. The molecule has 1 amide bonds. The van der Waals surface area contributed by atoms with E-state index in [1.54, 1.807) is 18.2 Å². The van der Waals surface area contributed by atoms with E-state index >= 15 is 0 Å². The van der Waals surface area contributed by atoms with Crippen molar-refractivity contribution < 1.29 is 19.4 Å². The molecule has 0 saturated carbocycles. The summed E-state index contributed by atoms with van der Waals surface area (Å²) in [4.78, 5) is 22.7. The van der Waals surface area contributed by atoms with Crippen molar-refractivity contribution in [3.8, 4) is 5.75 Å². The molecule has 0 spiro atoms. The Morgan fingerprint density at radius 2 is 1.89 bits per heavy atom. The Bertz CT molecular complexity index is 1040. The van der Waals surface area contributed by atoms with Gasteiger partial charge in [-0.25, -0.2) is 10.2 Å². The fraction of sp³-hybridized carbons (Fsp3) is 0.0952. The van der Waals surface area contributed by atoms with Crippen LogP contribution < -0.4 is 10.2 Å². The first-order valence-electron chi connectivity index (χ1n) is 8.45. The molecule has 28 heavy (non-hydrogen) atoms. The molecule has 0 aliphatic carbocycles. The third-order valence-electron chi connectivity index (χ3n) is 3.94. The van der Waals surface area contributed by atoms with E-state index in [0.29, 0.717) is 5.56 Å². The summed E-state index contributed by atoms with van der Waals surface area (Å²) in [5, 5.41) is 14.9. The average molecular weight is 397 g/mol. The summed E-state index contributed by atoms with van der Waals surface area (Å²) in [6.07, 6.45) is 1.66. The van der Waals surface area contributed by atoms with Crippen molar-refractivity contribution in [2.24, 2.45) is 5.10 Å². The van der Waals surface area contributed by atoms with Crippen LogP contribution in [0.15, 0.2) is 65.8 Å². The lowest BCUT2D eigenvalue weighted by atomic mass is 10.0. The predicted molar refractivity (Wildman–Crippen MR) is 108 cm³/mol. The Morgan fingerprint density at radius 1 is 1.11 bits per heavy atom. The van der Waals surface area contributed by atoms with Crippen molar-refractivity contribution in [2.45, 2.75) is 6.42 Å². The molecule has 0 fully saturated rings. The summed E-state index contributed by atoms with van der Waals surface area (Å²) in [5.74, 6) is -1.06. The quantitative estimate of drug-likeness (QED) is 0.471. The minimum Gasteiger partial charge on any atom is -0.480 e. The van der Waals surface area contributed by atoms with Crippen LogP contribution in [0.1, 0.15) is 11.1 Å². The zero-order valence-corrected chi connectivity index (χ0v) is 15.5. The molecule has 6 nitrogen and oxygen atoms in total. The molecule has 142 valence electrons. The normalized spacial score (nSPS) is 10.9. The Kier molecular flexibility index (Phi) is 6.24. The van der Waals surface area contributed by atoms with E-state index < -0.39 is 12.6 Å². The smallest absolute Gasteiger partial charge is 0.341 e. The van der Waals surface area contributed by atoms with Crippen molar-refractivity contribution in [3.63, 3.8) is 0 Å². The third kappa shape index (κ3) is 5.08. The SMILES string of the molecule is O=C(O)COc1ccc(/C=N/NC(=O)Cc2cccc3ccccc23)cc1Cl. The number of fused-ring (bicyclic) bond motifs is 1. The second-order valence-corrected chi connectivity index (χ2v) is 6.39. The molecule has 3 aromatic rings. The molecule has 2 N–H and O–H groups in total. The van der Waals surface area contributed by atoms with Gasteiger partial charge in [-0.3, -0.25) is 4.79 Å². The molecule has 3 rings (SSSR count). The van der Waals surface area contributed by atoms with Crippen LogP contribution in [0.4, 0.5) is 0 Å². The number of amides is 1. The molecule has 0 atom stereocenters. The summed E-state index contributed by atoms with van der Waals surface area (Å²) in [6.45, 7) is -0.475.